The quantitative estimate of drug-likeness (QED) is 0.742. The number of carbonyl (C=O) groups is 1. The first kappa shape index (κ1) is 12.0. The third kappa shape index (κ3) is 2.78. The molecule has 1 heterocycles. The van der Waals surface area contributed by atoms with Crippen LogP contribution in [0.25, 0.3) is 0 Å². The number of hydrogen-bond donors (Lipinski definition) is 3. The van der Waals surface area contributed by atoms with Gasteiger partial charge < -0.3 is 11.1 Å². The summed E-state index contributed by atoms with van der Waals surface area (Å²) in [5.41, 5.74) is 6.84. The predicted octanol–water partition coefficient (Wildman–Crippen LogP) is 1.61. The number of aryl methyl sites for hydroxylation is 1. The molecule has 0 aliphatic heterocycles. The Balaban J connectivity index is 1.81. The topological polar surface area (TPSA) is 83.8 Å². The molecule has 0 radical (unpaired) electrons. The van der Waals surface area contributed by atoms with E-state index in [0.29, 0.717) is 5.56 Å². The van der Waals surface area contributed by atoms with E-state index in [1.54, 1.807) is 6.92 Å². The second-order valence-electron chi connectivity index (χ2n) is 4.80. The van der Waals surface area contributed by atoms with Gasteiger partial charge in [0, 0.05) is 12.2 Å². The van der Waals surface area contributed by atoms with Gasteiger partial charge in [0.25, 0.3) is 5.91 Å². The highest BCUT2D eigenvalue weighted by Crippen LogP contribution is 2.26. The Kier molecular flexibility index (Phi) is 3.66. The van der Waals surface area contributed by atoms with E-state index in [9.17, 15) is 4.79 Å². The molecule has 1 aliphatic carbocycles. The van der Waals surface area contributed by atoms with Crippen LogP contribution in [0.2, 0.25) is 0 Å². The lowest BCUT2D eigenvalue weighted by molar-refractivity contribution is 0.0952. The van der Waals surface area contributed by atoms with Crippen LogP contribution in [-0.2, 0) is 0 Å². The van der Waals surface area contributed by atoms with Gasteiger partial charge in [-0.25, -0.2) is 0 Å². The third-order valence-corrected chi connectivity index (χ3v) is 3.52. The number of rotatable bonds is 4. The van der Waals surface area contributed by atoms with Gasteiger partial charge in [-0.05, 0) is 19.3 Å². The Hall–Kier alpha value is -1.52. The van der Waals surface area contributed by atoms with Crippen molar-refractivity contribution in [2.45, 2.75) is 39.0 Å². The lowest BCUT2D eigenvalue weighted by Gasteiger charge is -2.09. The smallest absolute Gasteiger partial charge is 0.256 e. The Bertz CT molecular complexity index is 374. The maximum absolute atomic E-state index is 11.9. The molecule has 1 aliphatic rings. The summed E-state index contributed by atoms with van der Waals surface area (Å²) in [5, 5.41) is 9.44. The highest BCUT2D eigenvalue weighted by Gasteiger charge is 2.17. The van der Waals surface area contributed by atoms with Crippen molar-refractivity contribution in [3.05, 3.63) is 11.3 Å². The van der Waals surface area contributed by atoms with Crippen molar-refractivity contribution in [2.24, 2.45) is 5.92 Å². The molecule has 0 saturated heterocycles. The minimum absolute atomic E-state index is 0.119. The number of anilines is 1. The summed E-state index contributed by atoms with van der Waals surface area (Å²) in [6, 6.07) is 0. The number of nitrogen functional groups attached to an aromatic ring is 1. The van der Waals surface area contributed by atoms with E-state index in [4.69, 9.17) is 5.73 Å². The van der Waals surface area contributed by atoms with E-state index in [-0.39, 0.29) is 11.7 Å². The van der Waals surface area contributed by atoms with Crippen LogP contribution in [0.3, 0.4) is 0 Å². The highest BCUT2D eigenvalue weighted by atomic mass is 16.1. The Labute approximate surface area is 101 Å². The molecule has 1 fully saturated rings. The zero-order chi connectivity index (χ0) is 12.3. The van der Waals surface area contributed by atoms with Crippen LogP contribution in [0.15, 0.2) is 0 Å². The summed E-state index contributed by atoms with van der Waals surface area (Å²) in [6.07, 6.45) is 6.37. The third-order valence-electron chi connectivity index (χ3n) is 3.52. The molecule has 0 spiro atoms. The van der Waals surface area contributed by atoms with E-state index >= 15 is 0 Å². The molecule has 94 valence electrons. The van der Waals surface area contributed by atoms with Crippen molar-refractivity contribution in [3.8, 4) is 0 Å². The van der Waals surface area contributed by atoms with Gasteiger partial charge in [0.05, 0.1) is 0 Å². The SMILES string of the molecule is Cc1[nH]nc(N)c1C(=O)NCCC1CCCC1. The zero-order valence-electron chi connectivity index (χ0n) is 10.3. The van der Waals surface area contributed by atoms with Crippen LogP contribution in [0, 0.1) is 12.8 Å². The van der Waals surface area contributed by atoms with Crippen molar-refractivity contribution in [1.82, 2.24) is 15.5 Å². The van der Waals surface area contributed by atoms with Gasteiger partial charge in [0.1, 0.15) is 5.56 Å². The van der Waals surface area contributed by atoms with Gasteiger partial charge >= 0.3 is 0 Å². The van der Waals surface area contributed by atoms with Gasteiger partial charge in [-0.3, -0.25) is 9.89 Å². The minimum atomic E-state index is -0.119. The summed E-state index contributed by atoms with van der Waals surface area (Å²) in [4.78, 5) is 11.9. The fraction of sp³-hybridized carbons (Fsp3) is 0.667. The van der Waals surface area contributed by atoms with Crippen LogP contribution in [0.4, 0.5) is 5.82 Å². The first-order valence-corrected chi connectivity index (χ1v) is 6.27. The van der Waals surface area contributed by atoms with E-state index in [2.05, 4.69) is 15.5 Å². The van der Waals surface area contributed by atoms with E-state index < -0.39 is 0 Å². The number of H-pyrrole nitrogens is 1. The van der Waals surface area contributed by atoms with Crippen LogP contribution in [-0.4, -0.2) is 22.6 Å². The van der Waals surface area contributed by atoms with E-state index in [1.807, 2.05) is 0 Å². The Morgan fingerprint density at radius 2 is 2.24 bits per heavy atom. The molecule has 0 bridgehead atoms. The maximum atomic E-state index is 11.9. The average Bonchev–Trinajstić information content (AvgIpc) is 2.89. The monoisotopic (exact) mass is 236 g/mol. The van der Waals surface area contributed by atoms with Crippen LogP contribution < -0.4 is 11.1 Å². The van der Waals surface area contributed by atoms with Gasteiger partial charge in [-0.2, -0.15) is 5.10 Å². The molecule has 4 N–H and O–H groups in total. The highest BCUT2D eigenvalue weighted by molar-refractivity contribution is 5.99. The molecule has 5 nitrogen and oxygen atoms in total. The Morgan fingerprint density at radius 3 is 2.82 bits per heavy atom. The van der Waals surface area contributed by atoms with Gasteiger partial charge in [-0.1, -0.05) is 25.7 Å². The number of carbonyl (C=O) groups excluding carboxylic acids is 1. The molecule has 5 heteroatoms. The van der Waals surface area contributed by atoms with Crippen LogP contribution in [0.1, 0.15) is 48.2 Å². The lowest BCUT2D eigenvalue weighted by Crippen LogP contribution is -2.26. The zero-order valence-corrected chi connectivity index (χ0v) is 10.3. The lowest BCUT2D eigenvalue weighted by atomic mass is 10.0. The molecule has 1 saturated carbocycles. The second-order valence-corrected chi connectivity index (χ2v) is 4.80. The normalized spacial score (nSPS) is 16.3. The number of aromatic nitrogens is 2. The molecular formula is C12H20N4O. The molecule has 1 aromatic heterocycles. The summed E-state index contributed by atoms with van der Waals surface area (Å²) in [5.74, 6) is 0.950. The standard InChI is InChI=1S/C12H20N4O/c1-8-10(11(13)16-15-8)12(17)14-7-6-9-4-2-3-5-9/h9H,2-7H2,1H3,(H,14,17)(H3,13,15,16). The number of nitrogens with one attached hydrogen (secondary N) is 2. The fourth-order valence-electron chi connectivity index (χ4n) is 2.51. The summed E-state index contributed by atoms with van der Waals surface area (Å²) >= 11 is 0. The van der Waals surface area contributed by atoms with Crippen molar-refractivity contribution in [3.63, 3.8) is 0 Å². The first-order chi connectivity index (χ1) is 8.18. The van der Waals surface area contributed by atoms with Gasteiger partial charge in [-0.15, -0.1) is 0 Å². The van der Waals surface area contributed by atoms with Crippen molar-refractivity contribution >= 4 is 11.7 Å². The van der Waals surface area contributed by atoms with Gasteiger partial charge in [0.2, 0.25) is 0 Å². The average molecular weight is 236 g/mol. The number of nitrogens with two attached hydrogens (primary N) is 1. The first-order valence-electron chi connectivity index (χ1n) is 6.27. The fourth-order valence-corrected chi connectivity index (χ4v) is 2.51. The molecule has 1 aromatic rings. The molecule has 1 amide bonds. The van der Waals surface area contributed by atoms with E-state index in [1.165, 1.54) is 25.7 Å². The van der Waals surface area contributed by atoms with Gasteiger partial charge in [0.15, 0.2) is 5.82 Å². The van der Waals surface area contributed by atoms with E-state index in [0.717, 1.165) is 24.6 Å². The summed E-state index contributed by atoms with van der Waals surface area (Å²) < 4.78 is 0. The molecular weight excluding hydrogens is 216 g/mol. The summed E-state index contributed by atoms with van der Waals surface area (Å²) in [6.45, 7) is 2.53. The molecule has 0 unspecified atom stereocenters. The second kappa shape index (κ2) is 5.21. The summed E-state index contributed by atoms with van der Waals surface area (Å²) in [7, 11) is 0. The molecule has 2 rings (SSSR count). The van der Waals surface area contributed by atoms with Crippen LogP contribution >= 0.6 is 0 Å². The van der Waals surface area contributed by atoms with Crippen molar-refractivity contribution in [1.29, 1.82) is 0 Å². The van der Waals surface area contributed by atoms with Crippen molar-refractivity contribution in [2.75, 3.05) is 12.3 Å². The number of amides is 1. The number of nitrogens with zero attached hydrogens (tertiary/aromatic N) is 1. The van der Waals surface area contributed by atoms with Crippen molar-refractivity contribution < 1.29 is 4.79 Å². The Morgan fingerprint density at radius 1 is 1.53 bits per heavy atom. The molecule has 0 atom stereocenters. The molecule has 0 aromatic carbocycles. The number of hydrogen-bond acceptors (Lipinski definition) is 3. The van der Waals surface area contributed by atoms with Crippen LogP contribution in [0.5, 0.6) is 0 Å². The predicted molar refractivity (Wildman–Crippen MR) is 66.6 cm³/mol. The number of aromatic amines is 1. The maximum Gasteiger partial charge on any atom is 0.256 e. The minimum Gasteiger partial charge on any atom is -0.382 e. The molecule has 17 heavy (non-hydrogen) atoms. The largest absolute Gasteiger partial charge is 0.382 e.